The fraction of sp³-hybridized carbons (Fsp3) is 0.500. The fourth-order valence-electron chi connectivity index (χ4n) is 3.28. The van der Waals surface area contributed by atoms with Crippen molar-refractivity contribution in [2.75, 3.05) is 31.5 Å². The van der Waals surface area contributed by atoms with Gasteiger partial charge in [-0.05, 0) is 39.3 Å². The van der Waals surface area contributed by atoms with Gasteiger partial charge in [-0.15, -0.1) is 11.3 Å². The largest absolute Gasteiger partial charge is 0.301 e. The van der Waals surface area contributed by atoms with Gasteiger partial charge in [0.05, 0.1) is 11.7 Å². The van der Waals surface area contributed by atoms with E-state index in [1.54, 1.807) is 11.3 Å². The fourth-order valence-corrected chi connectivity index (χ4v) is 4.10. The number of nitrogens with zero attached hydrogens (tertiary/aromatic N) is 3. The molecule has 3 rings (SSSR count). The van der Waals surface area contributed by atoms with Crippen molar-refractivity contribution in [1.82, 2.24) is 14.8 Å². The summed E-state index contributed by atoms with van der Waals surface area (Å²) >= 11 is 1.54. The van der Waals surface area contributed by atoms with Gasteiger partial charge in [-0.2, -0.15) is 0 Å². The third-order valence-corrected chi connectivity index (χ3v) is 6.05. The third-order valence-electron chi connectivity index (χ3n) is 5.06. The van der Waals surface area contributed by atoms with E-state index in [9.17, 15) is 4.79 Å². The topological polar surface area (TPSA) is 48.5 Å². The van der Waals surface area contributed by atoms with E-state index in [2.05, 4.69) is 50.4 Å². The van der Waals surface area contributed by atoms with Gasteiger partial charge in [0, 0.05) is 31.1 Å². The van der Waals surface area contributed by atoms with Crippen LogP contribution in [0.2, 0.25) is 0 Å². The maximum atomic E-state index is 12.6. The molecule has 1 unspecified atom stereocenters. The van der Waals surface area contributed by atoms with Crippen LogP contribution in [0, 0.1) is 13.8 Å². The highest BCUT2D eigenvalue weighted by atomic mass is 32.1. The molecule has 1 N–H and O–H groups in total. The number of benzene rings is 1. The lowest BCUT2D eigenvalue weighted by molar-refractivity contribution is -0.120. The highest BCUT2D eigenvalue weighted by Gasteiger charge is 2.24. The molecule has 1 atom stereocenters. The van der Waals surface area contributed by atoms with E-state index in [0.29, 0.717) is 5.13 Å². The highest BCUT2D eigenvalue weighted by Crippen LogP contribution is 2.21. The molecule has 0 bridgehead atoms. The van der Waals surface area contributed by atoms with Crippen LogP contribution >= 0.6 is 11.3 Å². The van der Waals surface area contributed by atoms with E-state index in [1.807, 2.05) is 20.8 Å². The monoisotopic (exact) mass is 372 g/mol. The van der Waals surface area contributed by atoms with Crippen molar-refractivity contribution in [2.24, 2.45) is 0 Å². The molecule has 26 heavy (non-hydrogen) atoms. The average molecular weight is 373 g/mol. The normalized spacial score (nSPS) is 17.7. The standard InChI is InChI=1S/C20H28N4OS/c1-15-17(3)26-20(21-15)22-19(25)16(2)24-11-7-10-23(12-13-24)14-18-8-5-4-6-9-18/h4-6,8-9,16H,7,10-14H2,1-3H3,(H,21,22,25). The Morgan fingerprint density at radius 3 is 2.65 bits per heavy atom. The molecule has 5 nitrogen and oxygen atoms in total. The summed E-state index contributed by atoms with van der Waals surface area (Å²) in [5.74, 6) is 0.0373. The zero-order valence-electron chi connectivity index (χ0n) is 15.9. The van der Waals surface area contributed by atoms with E-state index in [4.69, 9.17) is 0 Å². The summed E-state index contributed by atoms with van der Waals surface area (Å²) in [5.41, 5.74) is 2.34. The molecule has 6 heteroatoms. The minimum Gasteiger partial charge on any atom is -0.301 e. The van der Waals surface area contributed by atoms with Crippen LogP contribution in [0.25, 0.3) is 0 Å². The average Bonchev–Trinajstić information content (AvgIpc) is 2.82. The first-order valence-electron chi connectivity index (χ1n) is 9.28. The van der Waals surface area contributed by atoms with Crippen LogP contribution < -0.4 is 5.32 Å². The second-order valence-corrected chi connectivity index (χ2v) is 8.18. The number of rotatable bonds is 5. The van der Waals surface area contributed by atoms with Gasteiger partial charge in [-0.1, -0.05) is 30.3 Å². The van der Waals surface area contributed by atoms with Crippen LogP contribution in [0.5, 0.6) is 0 Å². The zero-order valence-corrected chi connectivity index (χ0v) is 16.7. The first-order valence-corrected chi connectivity index (χ1v) is 10.1. The molecule has 0 saturated carbocycles. The van der Waals surface area contributed by atoms with Gasteiger partial charge in [-0.3, -0.25) is 14.6 Å². The summed E-state index contributed by atoms with van der Waals surface area (Å²) in [5, 5.41) is 3.69. The Balaban J connectivity index is 1.53. The minimum atomic E-state index is -0.142. The Hall–Kier alpha value is -1.76. The molecule has 1 aromatic carbocycles. The number of aromatic nitrogens is 1. The van der Waals surface area contributed by atoms with Crippen molar-refractivity contribution in [1.29, 1.82) is 0 Å². The summed E-state index contributed by atoms with van der Waals surface area (Å²) in [4.78, 5) is 22.9. The van der Waals surface area contributed by atoms with Crippen LogP contribution in [-0.4, -0.2) is 52.9 Å². The Morgan fingerprint density at radius 2 is 1.96 bits per heavy atom. The van der Waals surface area contributed by atoms with Crippen LogP contribution in [0.15, 0.2) is 30.3 Å². The molecule has 0 aliphatic carbocycles. The SMILES string of the molecule is Cc1nc(NC(=O)C(C)N2CCCN(Cc3ccccc3)CC2)sc1C. The Bertz CT molecular complexity index is 711. The number of hydrogen-bond donors (Lipinski definition) is 1. The quantitative estimate of drug-likeness (QED) is 0.875. The number of aryl methyl sites for hydroxylation is 2. The van der Waals surface area contributed by atoms with Crippen LogP contribution in [0.3, 0.4) is 0 Å². The van der Waals surface area contributed by atoms with Crippen molar-refractivity contribution in [3.05, 3.63) is 46.5 Å². The Kier molecular flexibility index (Phi) is 6.40. The molecule has 1 saturated heterocycles. The lowest BCUT2D eigenvalue weighted by atomic mass is 10.2. The second kappa shape index (κ2) is 8.75. The van der Waals surface area contributed by atoms with Gasteiger partial charge in [0.1, 0.15) is 0 Å². The third kappa shape index (κ3) is 4.90. The van der Waals surface area contributed by atoms with Crippen molar-refractivity contribution < 1.29 is 4.79 Å². The van der Waals surface area contributed by atoms with E-state index in [-0.39, 0.29) is 11.9 Å². The van der Waals surface area contributed by atoms with Gasteiger partial charge in [0.15, 0.2) is 5.13 Å². The van der Waals surface area contributed by atoms with Gasteiger partial charge >= 0.3 is 0 Å². The first kappa shape index (κ1) is 19.0. The van der Waals surface area contributed by atoms with Crippen molar-refractivity contribution in [3.63, 3.8) is 0 Å². The van der Waals surface area contributed by atoms with Gasteiger partial charge in [-0.25, -0.2) is 4.98 Å². The summed E-state index contributed by atoms with van der Waals surface area (Å²) in [7, 11) is 0. The van der Waals surface area contributed by atoms with Gasteiger partial charge < -0.3 is 5.32 Å². The number of carbonyl (C=O) groups is 1. The van der Waals surface area contributed by atoms with E-state index in [1.165, 1.54) is 5.56 Å². The smallest absolute Gasteiger partial charge is 0.243 e. The minimum absolute atomic E-state index is 0.0373. The van der Waals surface area contributed by atoms with E-state index in [0.717, 1.165) is 49.7 Å². The van der Waals surface area contributed by atoms with Crippen LogP contribution in [0.4, 0.5) is 5.13 Å². The molecular weight excluding hydrogens is 344 g/mol. The predicted molar refractivity (Wildman–Crippen MR) is 108 cm³/mol. The summed E-state index contributed by atoms with van der Waals surface area (Å²) in [6.07, 6.45) is 1.08. The molecule has 140 valence electrons. The lowest BCUT2D eigenvalue weighted by Crippen LogP contribution is -2.43. The number of thiazole rings is 1. The molecule has 1 aromatic heterocycles. The van der Waals surface area contributed by atoms with Crippen molar-refractivity contribution in [2.45, 2.75) is 39.8 Å². The van der Waals surface area contributed by atoms with E-state index < -0.39 is 0 Å². The zero-order chi connectivity index (χ0) is 18.5. The molecule has 2 aromatic rings. The summed E-state index contributed by atoms with van der Waals surface area (Å²) < 4.78 is 0. The number of nitrogens with one attached hydrogen (secondary N) is 1. The molecule has 1 amide bonds. The lowest BCUT2D eigenvalue weighted by Gasteiger charge is -2.26. The second-order valence-electron chi connectivity index (χ2n) is 6.98. The molecule has 2 heterocycles. The number of anilines is 1. The highest BCUT2D eigenvalue weighted by molar-refractivity contribution is 7.15. The molecule has 1 aliphatic rings. The predicted octanol–water partition coefficient (Wildman–Crippen LogP) is 3.29. The van der Waals surface area contributed by atoms with Gasteiger partial charge in [0.2, 0.25) is 5.91 Å². The van der Waals surface area contributed by atoms with Crippen molar-refractivity contribution in [3.8, 4) is 0 Å². The Labute approximate surface area is 160 Å². The molecule has 0 spiro atoms. The van der Waals surface area contributed by atoms with Crippen molar-refractivity contribution >= 4 is 22.4 Å². The Morgan fingerprint density at radius 1 is 1.19 bits per heavy atom. The molecule has 1 fully saturated rings. The maximum absolute atomic E-state index is 12.6. The first-order chi connectivity index (χ1) is 12.5. The molecular formula is C20H28N4OS. The number of amides is 1. The molecule has 1 aliphatic heterocycles. The number of carbonyl (C=O) groups excluding carboxylic acids is 1. The summed E-state index contributed by atoms with van der Waals surface area (Å²) in [6, 6.07) is 10.4. The summed E-state index contributed by atoms with van der Waals surface area (Å²) in [6.45, 7) is 10.9. The van der Waals surface area contributed by atoms with Crippen LogP contribution in [-0.2, 0) is 11.3 Å². The number of hydrogen-bond acceptors (Lipinski definition) is 5. The molecule has 0 radical (unpaired) electrons. The van der Waals surface area contributed by atoms with Gasteiger partial charge in [0.25, 0.3) is 0 Å². The van der Waals surface area contributed by atoms with Crippen LogP contribution in [0.1, 0.15) is 29.5 Å². The maximum Gasteiger partial charge on any atom is 0.243 e. The van der Waals surface area contributed by atoms with E-state index >= 15 is 0 Å².